The number of benzene rings is 1. The predicted molar refractivity (Wildman–Crippen MR) is 70.6 cm³/mol. The van der Waals surface area contributed by atoms with E-state index in [-0.39, 0.29) is 12.5 Å². The lowest BCUT2D eigenvalue weighted by atomic mass is 9.99. The number of hydrogen-bond acceptors (Lipinski definition) is 3. The summed E-state index contributed by atoms with van der Waals surface area (Å²) in [6.45, 7) is 7.04. The van der Waals surface area contributed by atoms with Crippen LogP contribution in [0.4, 0.5) is 0 Å². The van der Waals surface area contributed by atoms with Gasteiger partial charge in [0.15, 0.2) is 6.61 Å². The lowest BCUT2D eigenvalue weighted by Crippen LogP contribution is -2.52. The second-order valence-electron chi connectivity index (χ2n) is 5.00. The highest BCUT2D eigenvalue weighted by molar-refractivity contribution is 5.78. The van der Waals surface area contributed by atoms with Gasteiger partial charge in [0.2, 0.25) is 0 Å². The van der Waals surface area contributed by atoms with Crippen LogP contribution in [0, 0.1) is 6.92 Å². The Morgan fingerprint density at radius 3 is 2.61 bits per heavy atom. The Hall–Kier alpha value is -1.55. The molecule has 0 spiro atoms. The monoisotopic (exact) mass is 251 g/mol. The number of nitrogens with one attached hydrogen (secondary N) is 1. The maximum Gasteiger partial charge on any atom is 0.258 e. The molecule has 0 saturated carbocycles. The molecule has 0 heterocycles. The first kappa shape index (κ1) is 14.5. The van der Waals surface area contributed by atoms with E-state index < -0.39 is 11.6 Å². The van der Waals surface area contributed by atoms with Crippen LogP contribution in [0.3, 0.4) is 0 Å². The van der Waals surface area contributed by atoms with Crippen molar-refractivity contribution in [2.45, 2.75) is 39.3 Å². The molecule has 0 bridgehead atoms. The lowest BCUT2D eigenvalue weighted by molar-refractivity contribution is -0.126. The molecule has 1 aromatic carbocycles. The first-order valence-electron chi connectivity index (χ1n) is 6.00. The van der Waals surface area contributed by atoms with E-state index in [0.29, 0.717) is 5.75 Å². The van der Waals surface area contributed by atoms with Gasteiger partial charge in [0, 0.05) is 0 Å². The zero-order chi connectivity index (χ0) is 13.8. The SMILES string of the molecule is Cc1ccccc1OCC(=O)NC(C)(C)C(C)O. The van der Waals surface area contributed by atoms with E-state index in [4.69, 9.17) is 4.74 Å². The molecule has 0 aliphatic heterocycles. The summed E-state index contributed by atoms with van der Waals surface area (Å²) in [6, 6.07) is 7.52. The number of aryl methyl sites for hydroxylation is 1. The summed E-state index contributed by atoms with van der Waals surface area (Å²) in [6.07, 6.45) is -0.625. The van der Waals surface area contributed by atoms with Crippen molar-refractivity contribution in [3.8, 4) is 5.75 Å². The number of aliphatic hydroxyl groups excluding tert-OH is 1. The van der Waals surface area contributed by atoms with Crippen LogP contribution in [0.2, 0.25) is 0 Å². The molecular weight excluding hydrogens is 230 g/mol. The summed E-state index contributed by atoms with van der Waals surface area (Å²) >= 11 is 0. The first-order chi connectivity index (χ1) is 8.33. The van der Waals surface area contributed by atoms with Gasteiger partial charge in [-0.3, -0.25) is 4.79 Å². The number of hydrogen-bond donors (Lipinski definition) is 2. The minimum atomic E-state index is -0.661. The molecule has 100 valence electrons. The van der Waals surface area contributed by atoms with Gasteiger partial charge in [-0.1, -0.05) is 18.2 Å². The van der Waals surface area contributed by atoms with Crippen LogP contribution in [0.25, 0.3) is 0 Å². The van der Waals surface area contributed by atoms with Gasteiger partial charge in [0.1, 0.15) is 5.75 Å². The Morgan fingerprint density at radius 1 is 1.44 bits per heavy atom. The quantitative estimate of drug-likeness (QED) is 0.836. The fraction of sp³-hybridized carbons (Fsp3) is 0.500. The molecule has 4 heteroatoms. The Bertz CT molecular complexity index is 413. The molecule has 2 N–H and O–H groups in total. The number of rotatable bonds is 5. The van der Waals surface area contributed by atoms with Crippen molar-refractivity contribution in [2.75, 3.05) is 6.61 Å². The van der Waals surface area contributed by atoms with Crippen molar-refractivity contribution < 1.29 is 14.6 Å². The molecule has 0 aliphatic carbocycles. The number of amides is 1. The minimum Gasteiger partial charge on any atom is -0.484 e. The van der Waals surface area contributed by atoms with Crippen LogP contribution in [0.1, 0.15) is 26.3 Å². The summed E-state index contributed by atoms with van der Waals surface area (Å²) < 4.78 is 5.43. The molecule has 1 aromatic rings. The second-order valence-corrected chi connectivity index (χ2v) is 5.00. The standard InChI is InChI=1S/C14H21NO3/c1-10-7-5-6-8-12(10)18-9-13(17)15-14(3,4)11(2)16/h5-8,11,16H,9H2,1-4H3,(H,15,17). The molecule has 0 fully saturated rings. The van der Waals surface area contributed by atoms with Crippen molar-refractivity contribution in [1.82, 2.24) is 5.32 Å². The molecule has 1 rings (SSSR count). The zero-order valence-electron chi connectivity index (χ0n) is 11.4. The van der Waals surface area contributed by atoms with E-state index in [1.165, 1.54) is 0 Å². The number of para-hydroxylation sites is 1. The smallest absolute Gasteiger partial charge is 0.258 e. The molecule has 0 aromatic heterocycles. The number of aliphatic hydroxyl groups is 1. The molecule has 1 atom stereocenters. The third-order valence-corrected chi connectivity index (χ3v) is 2.96. The van der Waals surface area contributed by atoms with Crippen molar-refractivity contribution >= 4 is 5.91 Å². The third kappa shape index (κ3) is 4.04. The summed E-state index contributed by atoms with van der Waals surface area (Å²) in [5, 5.41) is 12.2. The van der Waals surface area contributed by atoms with Crippen LogP contribution >= 0.6 is 0 Å². The van der Waals surface area contributed by atoms with E-state index in [0.717, 1.165) is 5.56 Å². The van der Waals surface area contributed by atoms with Gasteiger partial charge in [0.05, 0.1) is 11.6 Å². The van der Waals surface area contributed by atoms with Gasteiger partial charge in [0.25, 0.3) is 5.91 Å². The Morgan fingerprint density at radius 2 is 2.06 bits per heavy atom. The Kier molecular flexibility index (Phi) is 4.73. The molecule has 18 heavy (non-hydrogen) atoms. The highest BCUT2D eigenvalue weighted by Crippen LogP contribution is 2.16. The number of ether oxygens (including phenoxy) is 1. The Balaban J connectivity index is 2.50. The molecular formula is C14H21NO3. The molecule has 1 unspecified atom stereocenters. The van der Waals surface area contributed by atoms with E-state index in [2.05, 4.69) is 5.32 Å². The second kappa shape index (κ2) is 5.87. The maximum atomic E-state index is 11.7. The van der Waals surface area contributed by atoms with E-state index >= 15 is 0 Å². The van der Waals surface area contributed by atoms with Gasteiger partial charge in [-0.15, -0.1) is 0 Å². The van der Waals surface area contributed by atoms with Gasteiger partial charge >= 0.3 is 0 Å². The molecule has 0 radical (unpaired) electrons. The van der Waals surface area contributed by atoms with Crippen LogP contribution in [0.5, 0.6) is 5.75 Å². The molecule has 0 aliphatic rings. The molecule has 4 nitrogen and oxygen atoms in total. The largest absolute Gasteiger partial charge is 0.484 e. The fourth-order valence-corrected chi connectivity index (χ4v) is 1.36. The van der Waals surface area contributed by atoms with Crippen LogP contribution < -0.4 is 10.1 Å². The van der Waals surface area contributed by atoms with E-state index in [1.807, 2.05) is 31.2 Å². The van der Waals surface area contributed by atoms with Gasteiger partial charge in [-0.2, -0.15) is 0 Å². The van der Waals surface area contributed by atoms with E-state index in [9.17, 15) is 9.90 Å². The van der Waals surface area contributed by atoms with Crippen LogP contribution in [-0.2, 0) is 4.79 Å². The van der Waals surface area contributed by atoms with Crippen molar-refractivity contribution in [1.29, 1.82) is 0 Å². The third-order valence-electron chi connectivity index (χ3n) is 2.96. The number of carbonyl (C=O) groups excluding carboxylic acids is 1. The predicted octanol–water partition coefficient (Wildman–Crippen LogP) is 1.65. The highest BCUT2D eigenvalue weighted by Gasteiger charge is 2.26. The minimum absolute atomic E-state index is 0.0546. The summed E-state index contributed by atoms with van der Waals surface area (Å²) in [5.74, 6) is 0.451. The molecule has 0 saturated heterocycles. The average molecular weight is 251 g/mol. The van der Waals surface area contributed by atoms with E-state index in [1.54, 1.807) is 20.8 Å². The Labute approximate surface area is 108 Å². The lowest BCUT2D eigenvalue weighted by Gasteiger charge is -2.29. The summed E-state index contributed by atoms with van der Waals surface area (Å²) in [5.41, 5.74) is 0.326. The van der Waals surface area contributed by atoms with Crippen molar-refractivity contribution in [3.63, 3.8) is 0 Å². The summed E-state index contributed by atoms with van der Waals surface area (Å²) in [7, 11) is 0. The van der Waals surface area contributed by atoms with Gasteiger partial charge < -0.3 is 15.2 Å². The maximum absolute atomic E-state index is 11.7. The average Bonchev–Trinajstić information content (AvgIpc) is 2.27. The topological polar surface area (TPSA) is 58.6 Å². The van der Waals surface area contributed by atoms with Crippen molar-refractivity contribution in [3.05, 3.63) is 29.8 Å². The van der Waals surface area contributed by atoms with Crippen LogP contribution in [0.15, 0.2) is 24.3 Å². The fourth-order valence-electron chi connectivity index (χ4n) is 1.36. The van der Waals surface area contributed by atoms with Gasteiger partial charge in [-0.05, 0) is 39.3 Å². The zero-order valence-corrected chi connectivity index (χ0v) is 11.4. The molecule has 1 amide bonds. The first-order valence-corrected chi connectivity index (χ1v) is 6.00. The normalized spacial score (nSPS) is 12.9. The summed E-state index contributed by atoms with van der Waals surface area (Å²) in [4.78, 5) is 11.7. The highest BCUT2D eigenvalue weighted by atomic mass is 16.5. The van der Waals surface area contributed by atoms with Crippen LogP contribution in [-0.4, -0.2) is 29.3 Å². The van der Waals surface area contributed by atoms with Gasteiger partial charge in [-0.25, -0.2) is 0 Å². The van der Waals surface area contributed by atoms with Crippen molar-refractivity contribution in [2.24, 2.45) is 0 Å². The number of carbonyl (C=O) groups is 1.